The second-order valence-electron chi connectivity index (χ2n) is 5.36. The highest BCUT2D eigenvalue weighted by atomic mass is 19.1. The third-order valence-electron chi connectivity index (χ3n) is 3.87. The quantitative estimate of drug-likeness (QED) is 0.942. The Morgan fingerprint density at radius 2 is 1.95 bits per heavy atom. The van der Waals surface area contributed by atoms with Crippen LogP contribution in [-0.4, -0.2) is 22.0 Å². The lowest BCUT2D eigenvalue weighted by Gasteiger charge is -2.28. The molecule has 0 saturated carbocycles. The maximum Gasteiger partial charge on any atom is 0.256 e. The first-order valence-electron chi connectivity index (χ1n) is 6.92. The normalized spacial score (nSPS) is 18.7. The molecule has 0 radical (unpaired) electrons. The number of nitrogens with zero attached hydrogens (tertiary/aromatic N) is 1. The summed E-state index contributed by atoms with van der Waals surface area (Å²) in [7, 11) is 0. The second kappa shape index (κ2) is 5.30. The van der Waals surface area contributed by atoms with Gasteiger partial charge in [-0.25, -0.2) is 4.39 Å². The molecule has 0 bridgehead atoms. The maximum atomic E-state index is 13.3. The molecule has 2 aromatic carbocycles. The number of amides is 1. The minimum atomic E-state index is -1.08. The van der Waals surface area contributed by atoms with Crippen molar-refractivity contribution in [1.29, 1.82) is 0 Å². The summed E-state index contributed by atoms with van der Waals surface area (Å²) in [5.41, 5.74) is 1.82. The zero-order valence-corrected chi connectivity index (χ0v) is 11.7. The first-order chi connectivity index (χ1) is 10.1. The van der Waals surface area contributed by atoms with Crippen molar-refractivity contribution in [2.24, 2.45) is 0 Å². The van der Waals surface area contributed by atoms with Gasteiger partial charge in [0.2, 0.25) is 0 Å². The summed E-state index contributed by atoms with van der Waals surface area (Å²) in [5.74, 6) is -0.695. The summed E-state index contributed by atoms with van der Waals surface area (Å²) in [6, 6.07) is 13.5. The number of hydrogen-bond donors (Lipinski definition) is 1. The SMILES string of the molecule is CC(Cc1ccccc1)N1C(=O)c2ccc(F)cc2C1O. The van der Waals surface area contributed by atoms with E-state index in [1.165, 1.54) is 23.1 Å². The number of benzene rings is 2. The molecule has 1 aliphatic heterocycles. The summed E-state index contributed by atoms with van der Waals surface area (Å²) in [5, 5.41) is 10.3. The van der Waals surface area contributed by atoms with Crippen LogP contribution in [0.1, 0.15) is 34.6 Å². The number of rotatable bonds is 3. The van der Waals surface area contributed by atoms with Gasteiger partial charge < -0.3 is 10.0 Å². The Morgan fingerprint density at radius 3 is 2.67 bits per heavy atom. The van der Waals surface area contributed by atoms with Gasteiger partial charge in [0.25, 0.3) is 5.91 Å². The van der Waals surface area contributed by atoms with E-state index in [9.17, 15) is 14.3 Å². The highest BCUT2D eigenvalue weighted by molar-refractivity contribution is 5.99. The number of aliphatic hydroxyl groups excluding tert-OH is 1. The molecule has 3 rings (SSSR count). The summed E-state index contributed by atoms with van der Waals surface area (Å²) in [6.45, 7) is 1.89. The largest absolute Gasteiger partial charge is 0.369 e. The third-order valence-corrected chi connectivity index (χ3v) is 3.87. The van der Waals surface area contributed by atoms with Gasteiger partial charge in [0, 0.05) is 17.2 Å². The van der Waals surface area contributed by atoms with E-state index in [1.54, 1.807) is 0 Å². The maximum absolute atomic E-state index is 13.3. The van der Waals surface area contributed by atoms with E-state index in [4.69, 9.17) is 0 Å². The lowest BCUT2D eigenvalue weighted by molar-refractivity contribution is 0.000292. The topological polar surface area (TPSA) is 40.5 Å². The minimum Gasteiger partial charge on any atom is -0.369 e. The van der Waals surface area contributed by atoms with Gasteiger partial charge in [-0.2, -0.15) is 0 Å². The molecule has 0 spiro atoms. The fourth-order valence-corrected chi connectivity index (χ4v) is 2.84. The number of fused-ring (bicyclic) bond motifs is 1. The van der Waals surface area contributed by atoms with Crippen LogP contribution in [0.25, 0.3) is 0 Å². The van der Waals surface area contributed by atoms with Gasteiger partial charge in [-0.15, -0.1) is 0 Å². The van der Waals surface area contributed by atoms with E-state index >= 15 is 0 Å². The van der Waals surface area contributed by atoms with Crippen LogP contribution in [0.15, 0.2) is 48.5 Å². The number of halogens is 1. The molecule has 0 saturated heterocycles. The Balaban J connectivity index is 1.85. The Labute approximate surface area is 122 Å². The van der Waals surface area contributed by atoms with E-state index < -0.39 is 12.0 Å². The summed E-state index contributed by atoms with van der Waals surface area (Å²) < 4.78 is 13.3. The number of hydrogen-bond acceptors (Lipinski definition) is 2. The Morgan fingerprint density at radius 1 is 1.24 bits per heavy atom. The minimum absolute atomic E-state index is 0.176. The molecule has 2 atom stereocenters. The van der Waals surface area contributed by atoms with Crippen molar-refractivity contribution in [3.8, 4) is 0 Å². The van der Waals surface area contributed by atoms with Gasteiger partial charge in [0.05, 0.1) is 0 Å². The van der Waals surface area contributed by atoms with Gasteiger partial charge in [-0.05, 0) is 37.1 Å². The van der Waals surface area contributed by atoms with Gasteiger partial charge in [-0.3, -0.25) is 4.79 Å². The van der Waals surface area contributed by atoms with Crippen LogP contribution < -0.4 is 0 Å². The first-order valence-corrected chi connectivity index (χ1v) is 6.92. The predicted octanol–water partition coefficient (Wildman–Crippen LogP) is 2.90. The van der Waals surface area contributed by atoms with E-state index in [1.807, 2.05) is 37.3 Å². The van der Waals surface area contributed by atoms with Crippen molar-refractivity contribution < 1.29 is 14.3 Å². The molecule has 1 amide bonds. The molecule has 1 heterocycles. The van der Waals surface area contributed by atoms with Gasteiger partial charge in [0.1, 0.15) is 5.82 Å². The van der Waals surface area contributed by atoms with Crippen molar-refractivity contribution in [2.75, 3.05) is 0 Å². The zero-order valence-electron chi connectivity index (χ0n) is 11.7. The third kappa shape index (κ3) is 2.43. The average Bonchev–Trinajstić information content (AvgIpc) is 2.71. The molecule has 0 aliphatic carbocycles. The zero-order chi connectivity index (χ0) is 15.0. The predicted molar refractivity (Wildman–Crippen MR) is 77.1 cm³/mol. The molecule has 0 fully saturated rings. The van der Waals surface area contributed by atoms with Crippen molar-refractivity contribution in [2.45, 2.75) is 25.6 Å². The molecular weight excluding hydrogens is 269 g/mol. The number of aliphatic hydroxyl groups is 1. The first kappa shape index (κ1) is 13.8. The van der Waals surface area contributed by atoms with Crippen LogP contribution in [0.5, 0.6) is 0 Å². The van der Waals surface area contributed by atoms with Crippen LogP contribution in [0.3, 0.4) is 0 Å². The van der Waals surface area contributed by atoms with Gasteiger partial charge >= 0.3 is 0 Å². The molecule has 1 aliphatic rings. The van der Waals surface area contributed by atoms with Crippen LogP contribution in [0.2, 0.25) is 0 Å². The lowest BCUT2D eigenvalue weighted by Crippen LogP contribution is -2.37. The summed E-state index contributed by atoms with van der Waals surface area (Å²) in [4.78, 5) is 13.8. The molecule has 21 heavy (non-hydrogen) atoms. The molecule has 108 valence electrons. The van der Waals surface area contributed by atoms with Gasteiger partial charge in [-0.1, -0.05) is 30.3 Å². The molecule has 4 heteroatoms. The molecule has 0 aromatic heterocycles. The standard InChI is InChI=1S/C17H16FNO2/c1-11(9-12-5-3-2-4-6-12)19-16(20)14-8-7-13(18)10-15(14)17(19)21/h2-8,10-11,17,21H,9H2,1H3. The summed E-state index contributed by atoms with van der Waals surface area (Å²) in [6.07, 6.45) is -0.443. The van der Waals surface area contributed by atoms with Crippen LogP contribution >= 0.6 is 0 Å². The van der Waals surface area contributed by atoms with Crippen molar-refractivity contribution in [3.63, 3.8) is 0 Å². The second-order valence-corrected chi connectivity index (χ2v) is 5.36. The summed E-state index contributed by atoms with van der Waals surface area (Å²) >= 11 is 0. The van der Waals surface area contributed by atoms with E-state index in [-0.39, 0.29) is 11.9 Å². The van der Waals surface area contributed by atoms with Crippen molar-refractivity contribution in [1.82, 2.24) is 4.90 Å². The van der Waals surface area contributed by atoms with E-state index in [2.05, 4.69) is 0 Å². The molecule has 1 N–H and O–H groups in total. The number of carbonyl (C=O) groups excluding carboxylic acids is 1. The fraction of sp³-hybridized carbons (Fsp3) is 0.235. The Kier molecular flexibility index (Phi) is 3.47. The molecule has 2 unspecified atom stereocenters. The van der Waals surface area contributed by atoms with E-state index in [0.717, 1.165) is 5.56 Å². The van der Waals surface area contributed by atoms with Crippen LogP contribution in [0, 0.1) is 5.82 Å². The fourth-order valence-electron chi connectivity index (χ4n) is 2.84. The average molecular weight is 285 g/mol. The van der Waals surface area contributed by atoms with E-state index in [0.29, 0.717) is 17.5 Å². The lowest BCUT2D eigenvalue weighted by atomic mass is 10.1. The molecule has 3 nitrogen and oxygen atoms in total. The van der Waals surface area contributed by atoms with Crippen LogP contribution in [-0.2, 0) is 6.42 Å². The molecular formula is C17H16FNO2. The highest BCUT2D eigenvalue weighted by Crippen LogP contribution is 2.34. The highest BCUT2D eigenvalue weighted by Gasteiger charge is 2.38. The van der Waals surface area contributed by atoms with Crippen molar-refractivity contribution in [3.05, 3.63) is 71.0 Å². The smallest absolute Gasteiger partial charge is 0.256 e. The Bertz CT molecular complexity index is 672. The van der Waals surface area contributed by atoms with Crippen molar-refractivity contribution >= 4 is 5.91 Å². The number of carbonyl (C=O) groups is 1. The van der Waals surface area contributed by atoms with Crippen LogP contribution in [0.4, 0.5) is 4.39 Å². The molecule has 2 aromatic rings. The van der Waals surface area contributed by atoms with Gasteiger partial charge in [0.15, 0.2) is 6.23 Å². The monoisotopic (exact) mass is 285 g/mol. The Hall–Kier alpha value is -2.20.